The molecule has 2 aliphatic heterocycles. The number of fused-ring (bicyclic) bond motifs is 1. The van der Waals surface area contributed by atoms with Gasteiger partial charge in [-0.3, -0.25) is 24.1 Å². The Labute approximate surface area is 121 Å². The molecule has 0 unspecified atom stereocenters. The second kappa shape index (κ2) is 5.31. The minimum atomic E-state index is -0.349. The molecule has 3 rings (SSSR count). The largest absolute Gasteiger partial charge is 0.353 e. The van der Waals surface area contributed by atoms with Crippen molar-refractivity contribution in [1.29, 1.82) is 0 Å². The van der Waals surface area contributed by atoms with Gasteiger partial charge in [0.05, 0.1) is 18.4 Å². The van der Waals surface area contributed by atoms with Crippen LogP contribution >= 0.6 is 0 Å². The molecule has 2 saturated heterocycles. The Bertz CT molecular complexity index is 516. The molecule has 112 valence electrons. The third kappa shape index (κ3) is 2.43. The average molecular weight is 291 g/mol. The summed E-state index contributed by atoms with van der Waals surface area (Å²) >= 11 is 0. The molecule has 2 atom stereocenters. The maximum Gasteiger partial charge on any atom is 0.243 e. The topological polar surface area (TPSA) is 86.8 Å². The van der Waals surface area contributed by atoms with Crippen molar-refractivity contribution in [3.8, 4) is 0 Å². The molecule has 0 spiro atoms. The summed E-state index contributed by atoms with van der Waals surface area (Å²) < 4.78 is 0. The fraction of sp³-hybridized carbons (Fsp3) is 0.571. The zero-order valence-electron chi connectivity index (χ0n) is 11.6. The molecule has 0 aromatic carbocycles. The maximum absolute atomic E-state index is 12.3. The number of imide groups is 1. The van der Waals surface area contributed by atoms with Crippen LogP contribution in [-0.2, 0) is 19.2 Å². The van der Waals surface area contributed by atoms with Crippen molar-refractivity contribution in [3.63, 3.8) is 0 Å². The van der Waals surface area contributed by atoms with E-state index in [9.17, 15) is 19.2 Å². The number of hydrogen-bond acceptors (Lipinski definition) is 4. The van der Waals surface area contributed by atoms with Gasteiger partial charge >= 0.3 is 0 Å². The predicted octanol–water partition coefficient (Wildman–Crippen LogP) is -1.10. The standard InChI is InChI=1S/C14H17N3O4/c18-11-7-16(6-5-15-11)12(19)8-17-13(20)9-3-1-2-4-10(9)14(17)21/h1-2,9-10H,3-8H2,(H,15,18)/t9-,10-/m0/s1. The monoisotopic (exact) mass is 291 g/mol. The van der Waals surface area contributed by atoms with E-state index in [1.165, 1.54) is 4.90 Å². The molecule has 0 radical (unpaired) electrons. The molecule has 1 N–H and O–H groups in total. The summed E-state index contributed by atoms with van der Waals surface area (Å²) in [4.78, 5) is 50.4. The first-order chi connectivity index (χ1) is 10.1. The van der Waals surface area contributed by atoms with Crippen molar-refractivity contribution in [2.24, 2.45) is 11.8 Å². The Morgan fingerprint density at radius 1 is 1.14 bits per heavy atom. The summed E-state index contributed by atoms with van der Waals surface area (Å²) in [5.41, 5.74) is 0. The molecule has 1 aliphatic carbocycles. The summed E-state index contributed by atoms with van der Waals surface area (Å²) in [5, 5.41) is 2.63. The zero-order valence-corrected chi connectivity index (χ0v) is 11.6. The van der Waals surface area contributed by atoms with Gasteiger partial charge in [-0.15, -0.1) is 0 Å². The van der Waals surface area contributed by atoms with E-state index in [4.69, 9.17) is 0 Å². The Kier molecular flexibility index (Phi) is 3.48. The fourth-order valence-corrected chi connectivity index (χ4v) is 3.11. The molecule has 0 saturated carbocycles. The molecule has 3 aliphatic rings. The maximum atomic E-state index is 12.3. The van der Waals surface area contributed by atoms with E-state index >= 15 is 0 Å². The van der Waals surface area contributed by atoms with Crippen molar-refractivity contribution >= 4 is 23.6 Å². The summed E-state index contributed by atoms with van der Waals surface area (Å²) in [6.45, 7) is 0.554. The number of nitrogens with zero attached hydrogens (tertiary/aromatic N) is 2. The van der Waals surface area contributed by atoms with Crippen molar-refractivity contribution in [3.05, 3.63) is 12.2 Å². The molecule has 0 bridgehead atoms. The van der Waals surface area contributed by atoms with Crippen molar-refractivity contribution in [2.45, 2.75) is 12.8 Å². The lowest BCUT2D eigenvalue weighted by atomic mass is 9.85. The first-order valence-corrected chi connectivity index (χ1v) is 7.12. The molecule has 4 amide bonds. The van der Waals surface area contributed by atoms with Crippen LogP contribution in [0.2, 0.25) is 0 Å². The number of piperazine rings is 1. The van der Waals surface area contributed by atoms with Crippen LogP contribution in [0.5, 0.6) is 0 Å². The molecule has 21 heavy (non-hydrogen) atoms. The summed E-state index contributed by atoms with van der Waals surface area (Å²) in [6, 6.07) is 0. The van der Waals surface area contributed by atoms with Gasteiger partial charge in [-0.2, -0.15) is 0 Å². The number of rotatable bonds is 2. The second-order valence-electron chi connectivity index (χ2n) is 5.58. The van der Waals surface area contributed by atoms with Crippen LogP contribution < -0.4 is 5.32 Å². The number of amides is 4. The lowest BCUT2D eigenvalue weighted by molar-refractivity contribution is -0.147. The van der Waals surface area contributed by atoms with E-state index in [1.54, 1.807) is 0 Å². The highest BCUT2D eigenvalue weighted by Crippen LogP contribution is 2.34. The minimum absolute atomic E-state index is 0.0104. The summed E-state index contributed by atoms with van der Waals surface area (Å²) in [5.74, 6) is -1.72. The van der Waals surface area contributed by atoms with Crippen molar-refractivity contribution in [2.75, 3.05) is 26.2 Å². The van der Waals surface area contributed by atoms with E-state index < -0.39 is 0 Å². The molecule has 0 aromatic rings. The smallest absolute Gasteiger partial charge is 0.243 e. The summed E-state index contributed by atoms with van der Waals surface area (Å²) in [6.07, 6.45) is 4.94. The number of hydrogen-bond donors (Lipinski definition) is 1. The predicted molar refractivity (Wildman–Crippen MR) is 71.7 cm³/mol. The van der Waals surface area contributed by atoms with E-state index in [2.05, 4.69) is 5.32 Å². The summed E-state index contributed by atoms with van der Waals surface area (Å²) in [7, 11) is 0. The van der Waals surface area contributed by atoms with Crippen LogP contribution in [0.1, 0.15) is 12.8 Å². The van der Waals surface area contributed by atoms with Gasteiger partial charge in [0.25, 0.3) is 0 Å². The zero-order chi connectivity index (χ0) is 15.0. The Hall–Kier alpha value is -2.18. The first-order valence-electron chi connectivity index (χ1n) is 7.12. The second-order valence-corrected chi connectivity index (χ2v) is 5.58. The van der Waals surface area contributed by atoms with Crippen LogP contribution in [0.15, 0.2) is 12.2 Å². The van der Waals surface area contributed by atoms with Gasteiger partial charge in [0.15, 0.2) is 0 Å². The van der Waals surface area contributed by atoms with Crippen LogP contribution in [-0.4, -0.2) is 59.6 Å². The van der Waals surface area contributed by atoms with Crippen LogP contribution in [0.25, 0.3) is 0 Å². The highest BCUT2D eigenvalue weighted by Gasteiger charge is 2.47. The highest BCUT2D eigenvalue weighted by molar-refractivity contribution is 6.07. The number of likely N-dealkylation sites (tertiary alicyclic amines) is 1. The van der Waals surface area contributed by atoms with E-state index in [0.29, 0.717) is 25.9 Å². The third-order valence-corrected chi connectivity index (χ3v) is 4.28. The van der Waals surface area contributed by atoms with Gasteiger partial charge in [0.2, 0.25) is 23.6 Å². The van der Waals surface area contributed by atoms with Gasteiger partial charge in [0, 0.05) is 13.1 Å². The Balaban J connectivity index is 1.67. The van der Waals surface area contributed by atoms with Crippen LogP contribution in [0.4, 0.5) is 0 Å². The number of nitrogens with one attached hydrogen (secondary N) is 1. The molecule has 2 fully saturated rings. The van der Waals surface area contributed by atoms with E-state index in [0.717, 1.165) is 4.90 Å². The van der Waals surface area contributed by atoms with Crippen molar-refractivity contribution < 1.29 is 19.2 Å². The van der Waals surface area contributed by atoms with E-state index in [1.807, 2.05) is 12.2 Å². The van der Waals surface area contributed by atoms with Gasteiger partial charge in [0.1, 0.15) is 6.54 Å². The molecule has 7 heteroatoms. The Morgan fingerprint density at radius 3 is 2.33 bits per heavy atom. The fourth-order valence-electron chi connectivity index (χ4n) is 3.11. The lowest BCUT2D eigenvalue weighted by Crippen LogP contribution is -2.53. The lowest BCUT2D eigenvalue weighted by Gasteiger charge is -2.28. The van der Waals surface area contributed by atoms with Crippen LogP contribution in [0.3, 0.4) is 0 Å². The molecule has 0 aromatic heterocycles. The van der Waals surface area contributed by atoms with Gasteiger partial charge in [-0.1, -0.05) is 12.2 Å². The number of allylic oxidation sites excluding steroid dienone is 2. The van der Waals surface area contributed by atoms with E-state index in [-0.39, 0.29) is 48.6 Å². The highest BCUT2D eigenvalue weighted by atomic mass is 16.2. The number of carbonyl (C=O) groups excluding carboxylic acids is 4. The average Bonchev–Trinajstić information content (AvgIpc) is 2.73. The first kappa shape index (κ1) is 13.8. The van der Waals surface area contributed by atoms with Crippen LogP contribution in [0, 0.1) is 11.8 Å². The molecule has 2 heterocycles. The SMILES string of the molecule is O=C1CN(C(=O)CN2C(=O)[C@H]3CC=CC[C@@H]3C2=O)CCN1. The Morgan fingerprint density at radius 2 is 1.76 bits per heavy atom. The van der Waals surface area contributed by atoms with Gasteiger partial charge < -0.3 is 10.2 Å². The minimum Gasteiger partial charge on any atom is -0.353 e. The van der Waals surface area contributed by atoms with Gasteiger partial charge in [-0.05, 0) is 12.8 Å². The molecular weight excluding hydrogens is 274 g/mol. The molecular formula is C14H17N3O4. The quantitative estimate of drug-likeness (QED) is 0.516. The van der Waals surface area contributed by atoms with Gasteiger partial charge in [-0.25, -0.2) is 0 Å². The number of carbonyl (C=O) groups is 4. The van der Waals surface area contributed by atoms with Crippen molar-refractivity contribution in [1.82, 2.24) is 15.1 Å². The third-order valence-electron chi connectivity index (χ3n) is 4.28. The normalized spacial score (nSPS) is 28.7. The molecule has 7 nitrogen and oxygen atoms in total.